The second kappa shape index (κ2) is 4.95. The van der Waals surface area contributed by atoms with E-state index in [1.165, 1.54) is 0 Å². The van der Waals surface area contributed by atoms with Crippen molar-refractivity contribution in [1.29, 1.82) is 5.26 Å². The lowest BCUT2D eigenvalue weighted by Crippen LogP contribution is -2.37. The number of benzene rings is 1. The van der Waals surface area contributed by atoms with Gasteiger partial charge in [-0.05, 0) is 18.2 Å². The lowest BCUT2D eigenvalue weighted by atomic mass is 10.0. The van der Waals surface area contributed by atoms with Crippen molar-refractivity contribution in [3.63, 3.8) is 0 Å². The summed E-state index contributed by atoms with van der Waals surface area (Å²) in [6.45, 7) is 0.765. The number of ether oxygens (including phenoxy) is 1. The Kier molecular flexibility index (Phi) is 3.38. The third-order valence-electron chi connectivity index (χ3n) is 2.72. The van der Waals surface area contributed by atoms with Crippen LogP contribution in [0.3, 0.4) is 0 Å². The fourth-order valence-electron chi connectivity index (χ4n) is 1.74. The number of nitrogens with one attached hydrogen (secondary N) is 1. The van der Waals surface area contributed by atoms with Crippen molar-refractivity contribution >= 4 is 11.6 Å². The number of hydrogen-bond donors (Lipinski definition) is 2. The van der Waals surface area contributed by atoms with Crippen LogP contribution in [-0.2, 0) is 9.53 Å². The number of hydrogen-bond acceptors (Lipinski definition) is 4. The Morgan fingerprint density at radius 3 is 3.00 bits per heavy atom. The molecule has 0 bridgehead atoms. The molecule has 2 rings (SSSR count). The summed E-state index contributed by atoms with van der Waals surface area (Å²) in [6, 6.07) is 8.53. The molecule has 3 N–H and O–H groups in total. The van der Waals surface area contributed by atoms with Crippen molar-refractivity contribution in [3.05, 3.63) is 29.8 Å². The normalized spacial score (nSPS) is 23.1. The maximum atomic E-state index is 11.9. The summed E-state index contributed by atoms with van der Waals surface area (Å²) in [5.74, 6) is -0.481. The number of carbonyl (C=O) groups excluding carboxylic acids is 1. The Hall–Kier alpha value is -1.90. The second-order valence-corrected chi connectivity index (χ2v) is 3.99. The summed E-state index contributed by atoms with van der Waals surface area (Å²) in [4.78, 5) is 11.9. The van der Waals surface area contributed by atoms with Gasteiger partial charge in [0.05, 0.1) is 30.8 Å². The molecule has 1 heterocycles. The van der Waals surface area contributed by atoms with Crippen LogP contribution < -0.4 is 11.1 Å². The van der Waals surface area contributed by atoms with Crippen molar-refractivity contribution in [1.82, 2.24) is 0 Å². The topological polar surface area (TPSA) is 88.1 Å². The van der Waals surface area contributed by atoms with E-state index in [1.807, 2.05) is 6.07 Å². The third kappa shape index (κ3) is 2.61. The zero-order valence-corrected chi connectivity index (χ0v) is 9.22. The molecule has 2 atom stereocenters. The van der Waals surface area contributed by atoms with E-state index < -0.39 is 0 Å². The number of nitrogens with zero attached hydrogens (tertiary/aromatic N) is 1. The van der Waals surface area contributed by atoms with E-state index >= 15 is 0 Å². The Balaban J connectivity index is 2.05. The van der Waals surface area contributed by atoms with Crippen LogP contribution in [-0.4, -0.2) is 25.2 Å². The number of carbonyl (C=O) groups is 1. The summed E-state index contributed by atoms with van der Waals surface area (Å²) in [5.41, 5.74) is 6.87. The molecule has 1 aliphatic heterocycles. The molecule has 5 nitrogen and oxygen atoms in total. The van der Waals surface area contributed by atoms with Gasteiger partial charge in [0, 0.05) is 11.7 Å². The quantitative estimate of drug-likeness (QED) is 0.774. The smallest absolute Gasteiger partial charge is 0.231 e. The minimum absolute atomic E-state index is 0.162. The molecule has 0 aliphatic carbocycles. The Labute approximate surface area is 99.2 Å². The predicted molar refractivity (Wildman–Crippen MR) is 62.1 cm³/mol. The molecular formula is C12H13N3O2. The molecule has 1 aromatic carbocycles. The Morgan fingerprint density at radius 1 is 1.53 bits per heavy atom. The van der Waals surface area contributed by atoms with Gasteiger partial charge in [0.1, 0.15) is 0 Å². The molecule has 5 heteroatoms. The van der Waals surface area contributed by atoms with E-state index in [-0.39, 0.29) is 17.9 Å². The SMILES string of the molecule is N#Cc1cccc(NC(=O)C2COCC2N)c1. The number of amides is 1. The van der Waals surface area contributed by atoms with Crippen LogP contribution in [0.1, 0.15) is 5.56 Å². The van der Waals surface area contributed by atoms with E-state index in [0.29, 0.717) is 24.5 Å². The monoisotopic (exact) mass is 231 g/mol. The molecule has 17 heavy (non-hydrogen) atoms. The molecule has 1 fully saturated rings. The van der Waals surface area contributed by atoms with Crippen LogP contribution in [0.4, 0.5) is 5.69 Å². The molecule has 1 aliphatic rings. The van der Waals surface area contributed by atoms with Gasteiger partial charge < -0.3 is 15.8 Å². The van der Waals surface area contributed by atoms with Crippen molar-refractivity contribution in [2.75, 3.05) is 18.5 Å². The van der Waals surface area contributed by atoms with Gasteiger partial charge >= 0.3 is 0 Å². The second-order valence-electron chi connectivity index (χ2n) is 3.99. The fourth-order valence-corrected chi connectivity index (χ4v) is 1.74. The van der Waals surface area contributed by atoms with Crippen LogP contribution in [0.25, 0.3) is 0 Å². The average molecular weight is 231 g/mol. The molecule has 0 saturated carbocycles. The first-order valence-corrected chi connectivity index (χ1v) is 5.35. The van der Waals surface area contributed by atoms with Crippen molar-refractivity contribution in [3.8, 4) is 6.07 Å². The minimum Gasteiger partial charge on any atom is -0.379 e. The lowest BCUT2D eigenvalue weighted by molar-refractivity contribution is -0.120. The van der Waals surface area contributed by atoms with Crippen LogP contribution in [0.15, 0.2) is 24.3 Å². The standard InChI is InChI=1S/C12H13N3O2/c13-5-8-2-1-3-9(4-8)15-12(16)10-6-17-7-11(10)14/h1-4,10-11H,6-7,14H2,(H,15,16). The van der Waals surface area contributed by atoms with Crippen molar-refractivity contribution < 1.29 is 9.53 Å². The zero-order valence-electron chi connectivity index (χ0n) is 9.22. The molecule has 2 unspecified atom stereocenters. The molecule has 88 valence electrons. The van der Waals surface area contributed by atoms with Crippen molar-refractivity contribution in [2.24, 2.45) is 11.7 Å². The summed E-state index contributed by atoms with van der Waals surface area (Å²) in [7, 11) is 0. The van der Waals surface area contributed by atoms with Gasteiger partial charge in [-0.2, -0.15) is 5.26 Å². The molecule has 1 saturated heterocycles. The highest BCUT2D eigenvalue weighted by Crippen LogP contribution is 2.16. The van der Waals surface area contributed by atoms with Crippen LogP contribution in [0, 0.1) is 17.2 Å². The lowest BCUT2D eigenvalue weighted by Gasteiger charge is -2.13. The van der Waals surface area contributed by atoms with Crippen LogP contribution in [0.2, 0.25) is 0 Å². The zero-order chi connectivity index (χ0) is 12.3. The number of nitrogens with two attached hydrogens (primary N) is 1. The highest BCUT2D eigenvalue weighted by Gasteiger charge is 2.31. The maximum absolute atomic E-state index is 11.9. The number of anilines is 1. The van der Waals surface area contributed by atoms with E-state index in [1.54, 1.807) is 24.3 Å². The number of nitriles is 1. The van der Waals surface area contributed by atoms with Gasteiger partial charge in [-0.3, -0.25) is 4.79 Å². The first-order chi connectivity index (χ1) is 8.20. The molecule has 0 spiro atoms. The maximum Gasteiger partial charge on any atom is 0.231 e. The Morgan fingerprint density at radius 2 is 2.35 bits per heavy atom. The van der Waals surface area contributed by atoms with Gasteiger partial charge in [0.15, 0.2) is 0 Å². The third-order valence-corrected chi connectivity index (χ3v) is 2.72. The van der Waals surface area contributed by atoms with Gasteiger partial charge in [0.25, 0.3) is 0 Å². The van der Waals surface area contributed by atoms with Crippen molar-refractivity contribution in [2.45, 2.75) is 6.04 Å². The largest absolute Gasteiger partial charge is 0.379 e. The highest BCUT2D eigenvalue weighted by atomic mass is 16.5. The highest BCUT2D eigenvalue weighted by molar-refractivity contribution is 5.93. The summed E-state index contributed by atoms with van der Waals surface area (Å²) in [5, 5.41) is 11.5. The first kappa shape index (κ1) is 11.6. The van der Waals surface area contributed by atoms with E-state index in [0.717, 1.165) is 0 Å². The molecule has 0 radical (unpaired) electrons. The van der Waals surface area contributed by atoms with Crippen LogP contribution in [0.5, 0.6) is 0 Å². The summed E-state index contributed by atoms with van der Waals surface area (Å²) >= 11 is 0. The van der Waals surface area contributed by atoms with Gasteiger partial charge in [-0.25, -0.2) is 0 Å². The molecule has 0 aromatic heterocycles. The van der Waals surface area contributed by atoms with E-state index in [4.69, 9.17) is 15.7 Å². The van der Waals surface area contributed by atoms with E-state index in [2.05, 4.69) is 5.32 Å². The minimum atomic E-state index is -0.319. The van der Waals surface area contributed by atoms with Gasteiger partial charge in [-0.15, -0.1) is 0 Å². The molecule has 1 amide bonds. The summed E-state index contributed by atoms with van der Waals surface area (Å²) in [6.07, 6.45) is 0. The van der Waals surface area contributed by atoms with E-state index in [9.17, 15) is 4.79 Å². The molecular weight excluding hydrogens is 218 g/mol. The first-order valence-electron chi connectivity index (χ1n) is 5.35. The summed E-state index contributed by atoms with van der Waals surface area (Å²) < 4.78 is 5.13. The fraction of sp³-hybridized carbons (Fsp3) is 0.333. The van der Waals surface area contributed by atoms with Crippen LogP contribution >= 0.6 is 0 Å². The molecule has 1 aromatic rings. The van der Waals surface area contributed by atoms with Gasteiger partial charge in [-0.1, -0.05) is 6.07 Å². The number of rotatable bonds is 2. The Bertz CT molecular complexity index is 467. The average Bonchev–Trinajstić information content (AvgIpc) is 2.76. The predicted octanol–water partition coefficient (Wildman–Crippen LogP) is 0.470. The van der Waals surface area contributed by atoms with Gasteiger partial charge in [0.2, 0.25) is 5.91 Å².